The van der Waals surface area contributed by atoms with Crippen molar-refractivity contribution in [2.75, 3.05) is 13.1 Å². The zero-order chi connectivity index (χ0) is 29.7. The summed E-state index contributed by atoms with van der Waals surface area (Å²) >= 11 is 0. The van der Waals surface area contributed by atoms with E-state index in [0.29, 0.717) is 47.5 Å². The molecule has 0 unspecified atom stereocenters. The van der Waals surface area contributed by atoms with Gasteiger partial charge in [0.25, 0.3) is 5.91 Å². The topological polar surface area (TPSA) is 103 Å². The minimum Gasteiger partial charge on any atom is -0.481 e. The summed E-state index contributed by atoms with van der Waals surface area (Å²) in [6.45, 7) is 5.19. The predicted molar refractivity (Wildman–Crippen MR) is 153 cm³/mol. The van der Waals surface area contributed by atoms with Gasteiger partial charge in [-0.05, 0) is 87.8 Å². The van der Waals surface area contributed by atoms with Gasteiger partial charge in [0.2, 0.25) is 0 Å². The summed E-state index contributed by atoms with van der Waals surface area (Å²) in [4.78, 5) is 27.1. The van der Waals surface area contributed by atoms with Crippen molar-refractivity contribution in [3.05, 3.63) is 71.6 Å². The minimum atomic E-state index is -1.19. The van der Waals surface area contributed by atoms with E-state index in [4.69, 9.17) is 5.11 Å². The average Bonchev–Trinajstić information content (AvgIpc) is 3.27. The second-order valence-corrected chi connectivity index (χ2v) is 11.1. The van der Waals surface area contributed by atoms with Crippen molar-refractivity contribution in [3.8, 4) is 22.3 Å². The highest BCUT2D eigenvalue weighted by molar-refractivity contribution is 6.05. The van der Waals surface area contributed by atoms with Crippen molar-refractivity contribution in [1.29, 1.82) is 0 Å². The van der Waals surface area contributed by atoms with Crippen LogP contribution in [0.1, 0.15) is 74.6 Å². The molecule has 0 saturated carbocycles. The molecular formula is C32H38F2N2O5. The van der Waals surface area contributed by atoms with E-state index in [2.05, 4.69) is 0 Å². The van der Waals surface area contributed by atoms with Crippen LogP contribution < -0.4 is 0 Å². The average molecular weight is 569 g/mol. The number of carboxylic acids is 1. The van der Waals surface area contributed by atoms with Gasteiger partial charge in [0.15, 0.2) is 0 Å². The van der Waals surface area contributed by atoms with E-state index >= 15 is 0 Å². The smallest absolute Gasteiger partial charge is 0.305 e. The Kier molecular flexibility index (Phi) is 9.94. The number of carbonyl (C=O) groups excluding carboxylic acids is 1. The Balaban J connectivity index is 1.91. The van der Waals surface area contributed by atoms with Crippen molar-refractivity contribution in [1.82, 2.24) is 9.47 Å². The first kappa shape index (κ1) is 30.4. The van der Waals surface area contributed by atoms with E-state index in [1.165, 1.54) is 24.3 Å². The molecule has 1 aromatic heterocycles. The van der Waals surface area contributed by atoms with Gasteiger partial charge in [-0.1, -0.05) is 24.3 Å². The third-order valence-corrected chi connectivity index (χ3v) is 7.60. The van der Waals surface area contributed by atoms with E-state index < -0.39 is 36.2 Å². The fraction of sp³-hybridized carbons (Fsp3) is 0.438. The van der Waals surface area contributed by atoms with Crippen molar-refractivity contribution < 1.29 is 33.7 Å². The van der Waals surface area contributed by atoms with Gasteiger partial charge in [0.1, 0.15) is 17.3 Å². The highest BCUT2D eigenvalue weighted by atomic mass is 19.1. The van der Waals surface area contributed by atoms with Gasteiger partial charge in [-0.25, -0.2) is 8.78 Å². The molecule has 1 aliphatic rings. The van der Waals surface area contributed by atoms with E-state index in [1.54, 1.807) is 24.3 Å². The van der Waals surface area contributed by atoms with Gasteiger partial charge in [0, 0.05) is 36.0 Å². The molecule has 2 heterocycles. The lowest BCUT2D eigenvalue weighted by Crippen LogP contribution is -2.37. The van der Waals surface area contributed by atoms with Gasteiger partial charge in [-0.3, -0.25) is 9.59 Å². The van der Waals surface area contributed by atoms with Crippen LogP contribution in [0.4, 0.5) is 8.78 Å². The SMILES string of the molecule is CC(C)n1c(CC[C@@H](O)C[C@@H](O)CC(=O)O)c(-c2ccc(F)cc2)c(-c2ccc(F)cc2)c1C(=O)N1CCCCC1. The van der Waals surface area contributed by atoms with E-state index in [-0.39, 0.29) is 24.8 Å². The van der Waals surface area contributed by atoms with Crippen LogP contribution in [-0.2, 0) is 11.2 Å². The molecule has 41 heavy (non-hydrogen) atoms. The van der Waals surface area contributed by atoms with Gasteiger partial charge in [-0.15, -0.1) is 0 Å². The number of carbonyl (C=O) groups is 2. The Bertz CT molecular complexity index is 1350. The van der Waals surface area contributed by atoms with Gasteiger partial charge >= 0.3 is 5.97 Å². The molecule has 0 radical (unpaired) electrons. The molecule has 3 aromatic rings. The minimum absolute atomic E-state index is 0.106. The van der Waals surface area contributed by atoms with Crippen LogP contribution in [0.25, 0.3) is 22.3 Å². The molecule has 1 aliphatic heterocycles. The zero-order valence-electron chi connectivity index (χ0n) is 23.5. The summed E-state index contributed by atoms with van der Waals surface area (Å²) < 4.78 is 30.0. The number of aliphatic hydroxyl groups excluding tert-OH is 2. The molecule has 9 heteroatoms. The summed E-state index contributed by atoms with van der Waals surface area (Å²) in [7, 11) is 0. The number of hydrogen-bond donors (Lipinski definition) is 3. The summed E-state index contributed by atoms with van der Waals surface area (Å²) in [6.07, 6.45) is 0.602. The van der Waals surface area contributed by atoms with Crippen LogP contribution in [-0.4, -0.2) is 62.0 Å². The first-order valence-corrected chi connectivity index (χ1v) is 14.2. The lowest BCUT2D eigenvalue weighted by atomic mass is 9.92. The maximum Gasteiger partial charge on any atom is 0.305 e. The van der Waals surface area contributed by atoms with Crippen LogP contribution in [0.3, 0.4) is 0 Å². The monoisotopic (exact) mass is 568 g/mol. The van der Waals surface area contributed by atoms with Crippen molar-refractivity contribution in [3.63, 3.8) is 0 Å². The molecule has 0 bridgehead atoms. The van der Waals surface area contributed by atoms with Crippen molar-refractivity contribution >= 4 is 11.9 Å². The molecule has 2 atom stereocenters. The Hall–Kier alpha value is -3.56. The number of benzene rings is 2. The van der Waals surface area contributed by atoms with Gasteiger partial charge < -0.3 is 24.8 Å². The number of aliphatic hydroxyl groups is 2. The molecule has 4 rings (SSSR count). The van der Waals surface area contributed by atoms with Crippen molar-refractivity contribution in [2.45, 2.75) is 77.0 Å². The van der Waals surface area contributed by atoms with Gasteiger partial charge in [-0.2, -0.15) is 0 Å². The zero-order valence-corrected chi connectivity index (χ0v) is 23.5. The Morgan fingerprint density at radius 1 is 0.829 bits per heavy atom. The summed E-state index contributed by atoms with van der Waals surface area (Å²) in [5.41, 5.74) is 3.85. The number of nitrogens with zero attached hydrogens (tertiary/aromatic N) is 2. The summed E-state index contributed by atoms with van der Waals surface area (Å²) in [5, 5.41) is 29.8. The molecule has 0 aliphatic carbocycles. The fourth-order valence-corrected chi connectivity index (χ4v) is 5.76. The van der Waals surface area contributed by atoms with Crippen LogP contribution in [0.15, 0.2) is 48.5 Å². The number of rotatable bonds is 11. The second-order valence-electron chi connectivity index (χ2n) is 11.1. The maximum atomic E-state index is 14.3. The van der Waals surface area contributed by atoms with E-state index in [0.717, 1.165) is 25.0 Å². The number of hydrogen-bond acceptors (Lipinski definition) is 4. The molecule has 1 fully saturated rings. The molecule has 0 spiro atoms. The first-order chi connectivity index (χ1) is 19.6. The first-order valence-electron chi connectivity index (χ1n) is 14.2. The second kappa shape index (κ2) is 13.4. The summed E-state index contributed by atoms with van der Waals surface area (Å²) in [6, 6.07) is 11.8. The molecule has 1 saturated heterocycles. The maximum absolute atomic E-state index is 14.3. The Morgan fingerprint density at radius 2 is 1.37 bits per heavy atom. The van der Waals surface area contributed by atoms with E-state index in [1.807, 2.05) is 23.3 Å². The van der Waals surface area contributed by atoms with Crippen LogP contribution >= 0.6 is 0 Å². The normalized spacial score (nSPS) is 15.2. The third-order valence-electron chi connectivity index (χ3n) is 7.60. The number of aromatic nitrogens is 1. The van der Waals surface area contributed by atoms with Crippen LogP contribution in [0.2, 0.25) is 0 Å². The lowest BCUT2D eigenvalue weighted by Gasteiger charge is -2.28. The number of carboxylic acid groups (broad SMARTS) is 1. The Labute approximate surface area is 239 Å². The lowest BCUT2D eigenvalue weighted by molar-refractivity contribution is -0.139. The molecule has 1 amide bonds. The van der Waals surface area contributed by atoms with E-state index in [9.17, 15) is 28.6 Å². The van der Waals surface area contributed by atoms with Crippen LogP contribution in [0.5, 0.6) is 0 Å². The third kappa shape index (κ3) is 7.21. The number of halogens is 2. The largest absolute Gasteiger partial charge is 0.481 e. The van der Waals surface area contributed by atoms with Crippen molar-refractivity contribution in [2.24, 2.45) is 0 Å². The molecular weight excluding hydrogens is 530 g/mol. The number of likely N-dealkylation sites (tertiary alicyclic amines) is 1. The molecule has 7 nitrogen and oxygen atoms in total. The quantitative estimate of drug-likeness (QED) is 0.270. The number of aliphatic carboxylic acids is 1. The Morgan fingerprint density at radius 3 is 1.88 bits per heavy atom. The predicted octanol–water partition coefficient (Wildman–Crippen LogP) is 5.83. The van der Waals surface area contributed by atoms with Crippen LogP contribution in [0, 0.1) is 11.6 Å². The fourth-order valence-electron chi connectivity index (χ4n) is 5.76. The highest BCUT2D eigenvalue weighted by Gasteiger charge is 2.33. The highest BCUT2D eigenvalue weighted by Crippen LogP contribution is 2.43. The molecule has 2 aromatic carbocycles. The molecule has 3 N–H and O–H groups in total. The number of piperidine rings is 1. The van der Waals surface area contributed by atoms with Gasteiger partial charge in [0.05, 0.1) is 18.6 Å². The number of amides is 1. The molecule has 220 valence electrons. The summed E-state index contributed by atoms with van der Waals surface area (Å²) in [5.74, 6) is -2.10. The standard InChI is InChI=1S/C32H38F2N2O5/c1-20(2)36-27(15-14-25(37)18-26(38)19-28(39)40)29(21-6-10-23(33)11-7-21)30(22-8-12-24(34)13-9-22)31(36)32(41)35-16-4-3-5-17-35/h6-13,20,25-26,37-38H,3-5,14-19H2,1-2H3,(H,39,40)/t25-,26-/m1/s1.